The van der Waals surface area contributed by atoms with Gasteiger partial charge in [0.2, 0.25) is 0 Å². The molecule has 0 aromatic carbocycles. The summed E-state index contributed by atoms with van der Waals surface area (Å²) in [5, 5.41) is 8.31. The van der Waals surface area contributed by atoms with Gasteiger partial charge in [-0.25, -0.2) is 0 Å². The van der Waals surface area contributed by atoms with Gasteiger partial charge in [0.25, 0.3) is 0 Å². The van der Waals surface area contributed by atoms with Crippen molar-refractivity contribution in [2.75, 3.05) is 5.75 Å². The predicted octanol–water partition coefficient (Wildman–Crippen LogP) is 0.0166. The molecule has 0 heterocycles. The molecule has 10 heavy (non-hydrogen) atoms. The van der Waals surface area contributed by atoms with E-state index in [9.17, 15) is 4.79 Å². The number of hydrogen-bond acceptors (Lipinski definition) is 4. The van der Waals surface area contributed by atoms with E-state index in [0.29, 0.717) is 12.2 Å². The van der Waals surface area contributed by atoms with E-state index in [0.717, 1.165) is 0 Å². The largest absolute Gasteiger partial charge is 0.480 e. The van der Waals surface area contributed by atoms with Gasteiger partial charge in [-0.05, 0) is 6.42 Å². The molecule has 3 N–H and O–H groups in total. The summed E-state index contributed by atoms with van der Waals surface area (Å²) in [7, 11) is 0. The molecule has 3 nitrogen and oxygen atoms in total. The molecule has 0 radical (unpaired) electrons. The van der Waals surface area contributed by atoms with Crippen molar-refractivity contribution in [1.82, 2.24) is 0 Å². The number of aliphatic carboxylic acids is 1. The van der Waals surface area contributed by atoms with Crippen LogP contribution in [0.1, 0.15) is 6.42 Å². The Labute approximate surface area is 70.8 Å². The topological polar surface area (TPSA) is 63.3 Å². The summed E-state index contributed by atoms with van der Waals surface area (Å²) in [5.41, 5.74) is 5.21. The predicted molar refractivity (Wildman–Crippen MR) is 46.9 cm³/mol. The van der Waals surface area contributed by atoms with Gasteiger partial charge in [0.15, 0.2) is 0 Å². The van der Waals surface area contributed by atoms with Crippen LogP contribution in [0, 0.1) is 0 Å². The van der Waals surface area contributed by atoms with Crippen LogP contribution in [0.3, 0.4) is 0 Å². The van der Waals surface area contributed by atoms with Gasteiger partial charge in [-0.1, -0.05) is 0 Å². The summed E-state index contributed by atoms with van der Waals surface area (Å²) >= 11 is 7.98. The van der Waals surface area contributed by atoms with Gasteiger partial charge in [0.1, 0.15) is 6.04 Å². The third kappa shape index (κ3) is 4.03. The first kappa shape index (κ1) is 10.1. The molecule has 0 bridgehead atoms. The van der Waals surface area contributed by atoms with Crippen LogP contribution in [-0.4, -0.2) is 28.1 Å². The number of carboxylic acid groups (broad SMARTS) is 1. The van der Waals surface area contributed by atoms with E-state index in [1.165, 1.54) is 0 Å². The highest BCUT2D eigenvalue weighted by Crippen LogP contribution is 2.05. The maximum absolute atomic E-state index is 10.2. The fraction of sp³-hybridized carbons (Fsp3) is 0.800. The van der Waals surface area contributed by atoms with E-state index in [1.807, 2.05) is 0 Å². The van der Waals surface area contributed by atoms with Crippen LogP contribution >= 0.6 is 25.3 Å². The Morgan fingerprint density at radius 1 is 1.70 bits per heavy atom. The van der Waals surface area contributed by atoms with Crippen LogP contribution < -0.4 is 5.73 Å². The first-order valence-corrected chi connectivity index (χ1v) is 4.00. The zero-order valence-corrected chi connectivity index (χ0v) is 7.19. The van der Waals surface area contributed by atoms with Crippen molar-refractivity contribution >= 4 is 31.2 Å². The first-order chi connectivity index (χ1) is 4.57. The number of carbonyl (C=O) groups is 1. The molecule has 0 unspecified atom stereocenters. The quantitative estimate of drug-likeness (QED) is 0.462. The second kappa shape index (κ2) is 4.87. The molecule has 2 atom stereocenters. The number of rotatable bonds is 4. The molecule has 0 saturated carbocycles. The van der Waals surface area contributed by atoms with Crippen molar-refractivity contribution in [2.45, 2.75) is 17.7 Å². The normalized spacial score (nSPS) is 16.3. The highest BCUT2D eigenvalue weighted by molar-refractivity contribution is 7.84. The highest BCUT2D eigenvalue weighted by atomic mass is 32.1. The van der Waals surface area contributed by atoms with Gasteiger partial charge in [-0.3, -0.25) is 4.79 Å². The summed E-state index contributed by atoms with van der Waals surface area (Å²) in [6.07, 6.45) is 0.363. The molecule has 0 amide bonds. The van der Waals surface area contributed by atoms with Crippen LogP contribution in [0.5, 0.6) is 0 Å². The molecule has 0 aromatic heterocycles. The molecule has 0 spiro atoms. The Balaban J connectivity index is 3.56. The summed E-state index contributed by atoms with van der Waals surface area (Å²) in [4.78, 5) is 10.2. The third-order valence-electron chi connectivity index (χ3n) is 1.05. The monoisotopic (exact) mass is 181 g/mol. The van der Waals surface area contributed by atoms with Crippen molar-refractivity contribution in [1.29, 1.82) is 0 Å². The van der Waals surface area contributed by atoms with Crippen molar-refractivity contribution in [2.24, 2.45) is 5.73 Å². The second-order valence-electron chi connectivity index (χ2n) is 2.02. The van der Waals surface area contributed by atoms with Crippen molar-refractivity contribution in [3.8, 4) is 0 Å². The minimum atomic E-state index is -0.985. The summed E-state index contributed by atoms with van der Waals surface area (Å²) in [6.45, 7) is 0. The fourth-order valence-electron chi connectivity index (χ4n) is 0.468. The van der Waals surface area contributed by atoms with Crippen LogP contribution in [0.4, 0.5) is 0 Å². The van der Waals surface area contributed by atoms with Gasteiger partial charge in [-0.2, -0.15) is 25.3 Å². The molecular weight excluding hydrogens is 170 g/mol. The second-order valence-corrected chi connectivity index (χ2v) is 3.11. The van der Waals surface area contributed by atoms with E-state index in [2.05, 4.69) is 25.3 Å². The zero-order valence-electron chi connectivity index (χ0n) is 5.40. The zero-order chi connectivity index (χ0) is 8.15. The van der Waals surface area contributed by atoms with Gasteiger partial charge < -0.3 is 10.8 Å². The standard InChI is InChI=1S/C5H11NO2S2/c6-4(5(7)8)1-3(10)2-9/h3-4,9-10H,1-2,6H2,(H,7,8)/t3-,4+/m1/s1. The average Bonchev–Trinajstić information content (AvgIpc) is 1.87. The van der Waals surface area contributed by atoms with E-state index in [-0.39, 0.29) is 5.25 Å². The Kier molecular flexibility index (Phi) is 4.93. The first-order valence-electron chi connectivity index (χ1n) is 2.85. The van der Waals surface area contributed by atoms with Crippen molar-refractivity contribution < 1.29 is 9.90 Å². The number of thiol groups is 2. The Morgan fingerprint density at radius 2 is 2.20 bits per heavy atom. The van der Waals surface area contributed by atoms with Crippen LogP contribution in [0.2, 0.25) is 0 Å². The molecule has 0 saturated heterocycles. The number of hydrogen-bond donors (Lipinski definition) is 4. The van der Waals surface area contributed by atoms with Crippen molar-refractivity contribution in [3.63, 3.8) is 0 Å². The SMILES string of the molecule is N[C@@H](C[C@@H](S)CS)C(=O)O. The summed E-state index contributed by atoms with van der Waals surface area (Å²) in [6, 6.07) is -0.811. The van der Waals surface area contributed by atoms with E-state index < -0.39 is 12.0 Å². The minimum Gasteiger partial charge on any atom is -0.480 e. The highest BCUT2D eigenvalue weighted by Gasteiger charge is 2.14. The van der Waals surface area contributed by atoms with Gasteiger partial charge in [-0.15, -0.1) is 0 Å². The third-order valence-corrected chi connectivity index (χ3v) is 2.18. The lowest BCUT2D eigenvalue weighted by Gasteiger charge is -2.09. The van der Waals surface area contributed by atoms with Gasteiger partial charge in [0, 0.05) is 11.0 Å². The van der Waals surface area contributed by atoms with Crippen molar-refractivity contribution in [3.05, 3.63) is 0 Å². The summed E-state index contributed by atoms with van der Waals surface area (Å²) < 4.78 is 0. The summed E-state index contributed by atoms with van der Waals surface area (Å²) in [5.74, 6) is -0.440. The Bertz CT molecular complexity index is 120. The van der Waals surface area contributed by atoms with E-state index in [4.69, 9.17) is 10.8 Å². The van der Waals surface area contributed by atoms with Gasteiger partial charge in [0.05, 0.1) is 0 Å². The molecule has 0 aliphatic carbocycles. The molecule has 0 aliphatic heterocycles. The van der Waals surface area contributed by atoms with Crippen LogP contribution in [0.25, 0.3) is 0 Å². The van der Waals surface area contributed by atoms with E-state index in [1.54, 1.807) is 0 Å². The van der Waals surface area contributed by atoms with Gasteiger partial charge >= 0.3 is 5.97 Å². The molecule has 60 valence electrons. The fourth-order valence-corrected chi connectivity index (χ4v) is 0.845. The Hall–Kier alpha value is 0.130. The minimum absolute atomic E-state index is 0.0329. The lowest BCUT2D eigenvalue weighted by atomic mass is 10.2. The van der Waals surface area contributed by atoms with Crippen LogP contribution in [0.15, 0.2) is 0 Å². The molecular formula is C5H11NO2S2. The smallest absolute Gasteiger partial charge is 0.320 e. The molecule has 0 fully saturated rings. The average molecular weight is 181 g/mol. The maximum atomic E-state index is 10.2. The molecule has 0 rings (SSSR count). The molecule has 0 aromatic rings. The molecule has 5 heteroatoms. The Morgan fingerprint density at radius 3 is 2.50 bits per heavy atom. The van der Waals surface area contributed by atoms with E-state index >= 15 is 0 Å². The lowest BCUT2D eigenvalue weighted by Crippen LogP contribution is -2.33. The van der Waals surface area contributed by atoms with Crippen LogP contribution in [-0.2, 0) is 4.79 Å². The maximum Gasteiger partial charge on any atom is 0.320 e. The number of carboxylic acids is 1. The lowest BCUT2D eigenvalue weighted by molar-refractivity contribution is -0.138. The molecule has 0 aliphatic rings. The number of nitrogens with two attached hydrogens (primary N) is 1.